The Morgan fingerprint density at radius 3 is 2.65 bits per heavy atom. The van der Waals surface area contributed by atoms with Gasteiger partial charge < -0.3 is 20.1 Å². The Morgan fingerprint density at radius 2 is 1.97 bits per heavy atom. The van der Waals surface area contributed by atoms with Crippen molar-refractivity contribution in [2.75, 3.05) is 6.61 Å². The largest absolute Gasteiger partial charge is 0.390 e. The van der Waals surface area contributed by atoms with E-state index < -0.39 is 23.9 Å². The van der Waals surface area contributed by atoms with Gasteiger partial charge in [-0.15, -0.1) is 0 Å². The molecule has 3 N–H and O–H groups in total. The standard InChI is InChI=1S/C30H50O4/c1-7-18-34-28-26(31)19-23(21(3)27(28)32)13-12-22-11-9-17-30(6)24(14-15-25(22)30)20(2)10-8-16-29(4,5)33/h12-13,20,24-28,31-33H,3,7-11,14-19H2,1-2,4-6H3/t20-,24-,25?,26-,27-,28+,30-/m1/s1. The maximum absolute atomic E-state index is 10.7. The molecule has 3 fully saturated rings. The first-order valence-corrected chi connectivity index (χ1v) is 13.8. The van der Waals surface area contributed by atoms with E-state index >= 15 is 0 Å². The van der Waals surface area contributed by atoms with E-state index in [4.69, 9.17) is 4.74 Å². The molecule has 1 unspecified atom stereocenters. The van der Waals surface area contributed by atoms with E-state index in [1.54, 1.807) is 0 Å². The summed E-state index contributed by atoms with van der Waals surface area (Å²) in [7, 11) is 0. The summed E-state index contributed by atoms with van der Waals surface area (Å²) in [5, 5.41) is 31.4. The smallest absolute Gasteiger partial charge is 0.114 e. The number of hydrogen-bond donors (Lipinski definition) is 3. The van der Waals surface area contributed by atoms with Crippen LogP contribution in [0.5, 0.6) is 0 Å². The SMILES string of the molecule is C=C1C(=CC=C2CCC[C@@]3(C)C2CC[C@@H]3[C@H](C)CCCC(C)(C)O)C[C@@H](O)[C@H](OCCC)[C@@H]1O. The predicted molar refractivity (Wildman–Crippen MR) is 139 cm³/mol. The van der Waals surface area contributed by atoms with Crippen LogP contribution in [0, 0.1) is 23.2 Å². The Kier molecular flexibility index (Phi) is 9.28. The molecule has 194 valence electrons. The first kappa shape index (κ1) is 27.6. The van der Waals surface area contributed by atoms with E-state index in [-0.39, 0.29) is 0 Å². The molecule has 7 atom stereocenters. The summed E-state index contributed by atoms with van der Waals surface area (Å²) >= 11 is 0. The van der Waals surface area contributed by atoms with Crippen molar-refractivity contribution in [1.29, 1.82) is 0 Å². The highest BCUT2D eigenvalue weighted by molar-refractivity contribution is 5.40. The van der Waals surface area contributed by atoms with Crippen molar-refractivity contribution >= 4 is 0 Å². The highest BCUT2D eigenvalue weighted by atomic mass is 16.5. The van der Waals surface area contributed by atoms with Crippen molar-refractivity contribution in [1.82, 2.24) is 0 Å². The minimum atomic E-state index is -0.850. The summed E-state index contributed by atoms with van der Waals surface area (Å²) in [5.41, 5.74) is 2.95. The van der Waals surface area contributed by atoms with E-state index in [1.807, 2.05) is 20.8 Å². The van der Waals surface area contributed by atoms with E-state index in [9.17, 15) is 15.3 Å². The van der Waals surface area contributed by atoms with Crippen molar-refractivity contribution < 1.29 is 20.1 Å². The summed E-state index contributed by atoms with van der Waals surface area (Å²) < 4.78 is 5.70. The first-order chi connectivity index (χ1) is 16.0. The van der Waals surface area contributed by atoms with Crippen LogP contribution < -0.4 is 0 Å². The van der Waals surface area contributed by atoms with Crippen LogP contribution in [0.2, 0.25) is 0 Å². The number of hydrogen-bond acceptors (Lipinski definition) is 4. The highest BCUT2D eigenvalue weighted by Crippen LogP contribution is 2.60. The van der Waals surface area contributed by atoms with Gasteiger partial charge in [-0.1, -0.05) is 57.9 Å². The Bertz CT molecular complexity index is 760. The maximum Gasteiger partial charge on any atom is 0.114 e. The fourth-order valence-corrected chi connectivity index (χ4v) is 7.18. The van der Waals surface area contributed by atoms with Crippen LogP contribution in [0.3, 0.4) is 0 Å². The molecule has 0 saturated heterocycles. The van der Waals surface area contributed by atoms with Crippen molar-refractivity contribution in [3.05, 3.63) is 35.5 Å². The molecule has 34 heavy (non-hydrogen) atoms. The molecule has 0 amide bonds. The van der Waals surface area contributed by atoms with Crippen LogP contribution in [0.15, 0.2) is 35.5 Å². The number of fused-ring (bicyclic) bond motifs is 1. The third-order valence-electron chi connectivity index (χ3n) is 9.07. The molecule has 0 heterocycles. The third-order valence-corrected chi connectivity index (χ3v) is 9.07. The van der Waals surface area contributed by atoms with Gasteiger partial charge in [0.1, 0.15) is 12.2 Å². The van der Waals surface area contributed by atoms with E-state index in [2.05, 4.69) is 32.6 Å². The average molecular weight is 475 g/mol. The molecule has 4 heteroatoms. The zero-order valence-corrected chi connectivity index (χ0v) is 22.4. The van der Waals surface area contributed by atoms with Gasteiger partial charge in [-0.3, -0.25) is 0 Å². The van der Waals surface area contributed by atoms with Gasteiger partial charge in [-0.25, -0.2) is 0 Å². The highest BCUT2D eigenvalue weighted by Gasteiger charge is 2.50. The number of aliphatic hydroxyl groups excluding tert-OH is 2. The Balaban J connectivity index is 1.69. The minimum absolute atomic E-state index is 0.346. The molecule has 3 aliphatic rings. The Hall–Kier alpha value is -0.940. The van der Waals surface area contributed by atoms with Crippen molar-refractivity contribution in [2.24, 2.45) is 23.2 Å². The lowest BCUT2D eigenvalue weighted by Gasteiger charge is -2.44. The quantitative estimate of drug-likeness (QED) is 0.377. The van der Waals surface area contributed by atoms with Crippen LogP contribution in [0.4, 0.5) is 0 Å². The third kappa shape index (κ3) is 6.24. The normalized spacial score (nSPS) is 37.9. The fraction of sp³-hybridized carbons (Fsp3) is 0.800. The number of rotatable bonds is 9. The topological polar surface area (TPSA) is 69.9 Å². The van der Waals surface area contributed by atoms with Gasteiger partial charge in [-0.05, 0) is 93.1 Å². The van der Waals surface area contributed by atoms with Gasteiger partial charge in [-0.2, -0.15) is 0 Å². The van der Waals surface area contributed by atoms with Gasteiger partial charge >= 0.3 is 0 Å². The van der Waals surface area contributed by atoms with Crippen LogP contribution >= 0.6 is 0 Å². The van der Waals surface area contributed by atoms with E-state index in [1.165, 1.54) is 37.7 Å². The average Bonchev–Trinajstić information content (AvgIpc) is 3.12. The lowest BCUT2D eigenvalue weighted by atomic mass is 9.60. The number of aliphatic hydroxyl groups is 3. The van der Waals surface area contributed by atoms with Crippen molar-refractivity contribution in [2.45, 2.75) is 123 Å². The molecule has 3 aliphatic carbocycles. The van der Waals surface area contributed by atoms with Gasteiger partial charge in [0.25, 0.3) is 0 Å². The molecule has 0 bridgehead atoms. The summed E-state index contributed by atoms with van der Waals surface area (Å²) in [6.45, 7) is 15.5. The molecule has 0 aromatic rings. The van der Waals surface area contributed by atoms with Crippen molar-refractivity contribution in [3.8, 4) is 0 Å². The second kappa shape index (κ2) is 11.4. The van der Waals surface area contributed by atoms with E-state index in [0.717, 1.165) is 37.2 Å². The summed E-state index contributed by atoms with van der Waals surface area (Å²) in [4.78, 5) is 0. The van der Waals surface area contributed by atoms with Gasteiger partial charge in [0.2, 0.25) is 0 Å². The van der Waals surface area contributed by atoms with Crippen LogP contribution in [0.25, 0.3) is 0 Å². The lowest BCUT2D eigenvalue weighted by molar-refractivity contribution is -0.0947. The van der Waals surface area contributed by atoms with Gasteiger partial charge in [0.15, 0.2) is 0 Å². The molecule has 3 saturated carbocycles. The lowest BCUT2D eigenvalue weighted by Crippen LogP contribution is -2.45. The second-order valence-corrected chi connectivity index (χ2v) is 12.3. The van der Waals surface area contributed by atoms with E-state index in [0.29, 0.717) is 35.9 Å². The molecule has 4 nitrogen and oxygen atoms in total. The Morgan fingerprint density at radius 1 is 1.24 bits per heavy atom. The molecule has 0 spiro atoms. The van der Waals surface area contributed by atoms with Crippen LogP contribution in [0.1, 0.15) is 98.8 Å². The summed E-state index contributed by atoms with van der Waals surface area (Å²) in [5.74, 6) is 2.03. The van der Waals surface area contributed by atoms with Crippen LogP contribution in [-0.2, 0) is 4.74 Å². The molecule has 0 aliphatic heterocycles. The fourth-order valence-electron chi connectivity index (χ4n) is 7.18. The zero-order chi connectivity index (χ0) is 25.1. The second-order valence-electron chi connectivity index (χ2n) is 12.3. The van der Waals surface area contributed by atoms with Gasteiger partial charge in [0.05, 0.1) is 11.7 Å². The molecular weight excluding hydrogens is 424 g/mol. The van der Waals surface area contributed by atoms with Crippen LogP contribution in [-0.4, -0.2) is 45.8 Å². The predicted octanol–water partition coefficient (Wildman–Crippen LogP) is 6.11. The molecule has 0 aromatic heterocycles. The number of allylic oxidation sites excluding steroid dienone is 3. The Labute approximate surface area is 208 Å². The first-order valence-electron chi connectivity index (χ1n) is 13.8. The monoisotopic (exact) mass is 474 g/mol. The number of ether oxygens (including phenoxy) is 1. The zero-order valence-electron chi connectivity index (χ0n) is 22.4. The summed E-state index contributed by atoms with van der Waals surface area (Å²) in [6.07, 6.45) is 13.0. The van der Waals surface area contributed by atoms with Crippen molar-refractivity contribution in [3.63, 3.8) is 0 Å². The molecule has 3 rings (SSSR count). The van der Waals surface area contributed by atoms with Gasteiger partial charge in [0, 0.05) is 13.0 Å². The maximum atomic E-state index is 10.7. The minimum Gasteiger partial charge on any atom is -0.390 e. The molecular formula is C30H50O4. The summed E-state index contributed by atoms with van der Waals surface area (Å²) in [6, 6.07) is 0. The molecule has 0 radical (unpaired) electrons. The molecule has 0 aromatic carbocycles.